The summed E-state index contributed by atoms with van der Waals surface area (Å²) in [5, 5.41) is 8.32. The fourth-order valence-electron chi connectivity index (χ4n) is 2.60. The Labute approximate surface area is 181 Å². The molecule has 1 N–H and O–H groups in total. The number of nitrogens with zero attached hydrogens (tertiary/aromatic N) is 1. The SMILES string of the molecule is CC(C)OC(=O)CN1C(=O)SC(=Cc2ccc(OCc3ccc(C(=O)O)o3)cc2)C1=O. The summed E-state index contributed by atoms with van der Waals surface area (Å²) in [5.41, 5.74) is 0.661. The molecular formula is C21H19NO8S. The number of thioether (sulfide) groups is 1. The molecule has 9 nitrogen and oxygen atoms in total. The molecule has 0 saturated carbocycles. The molecule has 1 aliphatic rings. The first-order valence-electron chi connectivity index (χ1n) is 9.22. The Morgan fingerprint density at radius 2 is 1.87 bits per heavy atom. The second-order valence-corrected chi connectivity index (χ2v) is 7.73. The van der Waals surface area contributed by atoms with Crippen molar-refractivity contribution in [3.63, 3.8) is 0 Å². The molecule has 1 aromatic heterocycles. The number of furan rings is 1. The summed E-state index contributed by atoms with van der Waals surface area (Å²) < 4.78 is 15.6. The van der Waals surface area contributed by atoms with Crippen molar-refractivity contribution in [2.75, 3.05) is 6.54 Å². The van der Waals surface area contributed by atoms with E-state index < -0.39 is 29.6 Å². The van der Waals surface area contributed by atoms with Crippen molar-refractivity contribution in [3.8, 4) is 5.75 Å². The van der Waals surface area contributed by atoms with Gasteiger partial charge in [0.2, 0.25) is 5.76 Å². The van der Waals surface area contributed by atoms with Crippen molar-refractivity contribution in [3.05, 3.63) is 58.4 Å². The number of carboxylic acids is 1. The minimum atomic E-state index is -1.16. The van der Waals surface area contributed by atoms with Crippen LogP contribution in [0.1, 0.15) is 35.7 Å². The lowest BCUT2D eigenvalue weighted by Gasteiger charge is -2.13. The Hall–Kier alpha value is -3.53. The highest BCUT2D eigenvalue weighted by atomic mass is 32.2. The van der Waals surface area contributed by atoms with Crippen molar-refractivity contribution in [1.82, 2.24) is 4.90 Å². The van der Waals surface area contributed by atoms with E-state index in [1.165, 1.54) is 12.1 Å². The number of rotatable bonds is 8. The molecule has 2 heterocycles. The minimum absolute atomic E-state index is 0.0536. The van der Waals surface area contributed by atoms with Gasteiger partial charge in [0.15, 0.2) is 0 Å². The van der Waals surface area contributed by atoms with Crippen LogP contribution in [0.25, 0.3) is 6.08 Å². The number of hydrogen-bond acceptors (Lipinski definition) is 8. The van der Waals surface area contributed by atoms with Crippen molar-refractivity contribution in [1.29, 1.82) is 0 Å². The second-order valence-electron chi connectivity index (χ2n) is 6.74. The van der Waals surface area contributed by atoms with Crippen molar-refractivity contribution in [2.24, 2.45) is 0 Å². The van der Waals surface area contributed by atoms with Crippen LogP contribution in [-0.4, -0.2) is 45.7 Å². The average molecular weight is 445 g/mol. The summed E-state index contributed by atoms with van der Waals surface area (Å²) in [6.45, 7) is 2.99. The summed E-state index contributed by atoms with van der Waals surface area (Å²) in [6, 6.07) is 9.58. The molecule has 0 bridgehead atoms. The van der Waals surface area contributed by atoms with Crippen LogP contribution in [0, 0.1) is 0 Å². The van der Waals surface area contributed by atoms with Gasteiger partial charge in [-0.1, -0.05) is 12.1 Å². The Bertz CT molecular complexity index is 1040. The van der Waals surface area contributed by atoms with Crippen LogP contribution in [0.2, 0.25) is 0 Å². The summed E-state index contributed by atoms with van der Waals surface area (Å²) in [7, 11) is 0. The quantitative estimate of drug-likeness (QED) is 0.480. The predicted octanol–water partition coefficient (Wildman–Crippen LogP) is 3.54. The lowest BCUT2D eigenvalue weighted by Crippen LogP contribution is -2.35. The normalized spacial score (nSPS) is 15.1. The maximum absolute atomic E-state index is 12.4. The summed E-state index contributed by atoms with van der Waals surface area (Å²) in [4.78, 5) is 48.2. The molecule has 1 saturated heterocycles. The number of carbonyl (C=O) groups is 4. The van der Waals surface area contributed by atoms with Gasteiger partial charge in [0.1, 0.15) is 24.7 Å². The fraction of sp³-hybridized carbons (Fsp3) is 0.238. The van der Waals surface area contributed by atoms with Crippen LogP contribution < -0.4 is 4.74 Å². The lowest BCUT2D eigenvalue weighted by atomic mass is 10.2. The van der Waals surface area contributed by atoms with Gasteiger partial charge in [0, 0.05) is 0 Å². The molecule has 2 aromatic rings. The van der Waals surface area contributed by atoms with Gasteiger partial charge >= 0.3 is 11.9 Å². The van der Waals surface area contributed by atoms with Gasteiger partial charge in [-0.15, -0.1) is 0 Å². The van der Waals surface area contributed by atoms with Gasteiger partial charge in [-0.05, 0) is 61.5 Å². The maximum atomic E-state index is 12.4. The number of imide groups is 1. The average Bonchev–Trinajstić information content (AvgIpc) is 3.28. The third kappa shape index (κ3) is 5.76. The summed E-state index contributed by atoms with van der Waals surface area (Å²) in [6.07, 6.45) is 1.21. The van der Waals surface area contributed by atoms with Gasteiger partial charge in [0.05, 0.1) is 11.0 Å². The zero-order chi connectivity index (χ0) is 22.5. The standard InChI is InChI=1S/C21H19NO8S/c1-12(2)29-18(23)10-22-19(24)17(31-21(22)27)9-13-3-5-14(6-4-13)28-11-15-7-8-16(30-15)20(25)26/h3-9,12H,10-11H2,1-2H3,(H,25,26). The number of benzene rings is 1. The van der Waals surface area contributed by atoms with Crippen molar-refractivity contribution < 1.29 is 38.2 Å². The number of amides is 2. The van der Waals surface area contributed by atoms with Gasteiger partial charge in [-0.3, -0.25) is 19.3 Å². The zero-order valence-electron chi connectivity index (χ0n) is 16.7. The van der Waals surface area contributed by atoms with Crippen LogP contribution in [0.4, 0.5) is 4.79 Å². The van der Waals surface area contributed by atoms with Crippen molar-refractivity contribution >= 4 is 40.9 Å². The molecule has 0 unspecified atom stereocenters. The number of ether oxygens (including phenoxy) is 2. The predicted molar refractivity (Wildman–Crippen MR) is 110 cm³/mol. The van der Waals surface area contributed by atoms with E-state index in [1.807, 2.05) is 0 Å². The van der Waals surface area contributed by atoms with E-state index in [2.05, 4.69) is 0 Å². The Kier molecular flexibility index (Phi) is 6.81. The van der Waals surface area contributed by atoms with Crippen LogP contribution in [0.5, 0.6) is 5.75 Å². The molecule has 3 rings (SSSR count). The topological polar surface area (TPSA) is 123 Å². The van der Waals surface area contributed by atoms with Gasteiger partial charge in [-0.25, -0.2) is 4.79 Å². The molecule has 1 fully saturated rings. The van der Waals surface area contributed by atoms with Crippen LogP contribution in [-0.2, 0) is 20.9 Å². The Morgan fingerprint density at radius 1 is 1.16 bits per heavy atom. The van der Waals surface area contributed by atoms with E-state index in [0.717, 1.165) is 16.7 Å². The molecule has 1 aromatic carbocycles. The Morgan fingerprint density at radius 3 is 2.48 bits per heavy atom. The first kappa shape index (κ1) is 22.2. The lowest BCUT2D eigenvalue weighted by molar-refractivity contribution is -0.149. The largest absolute Gasteiger partial charge is 0.486 e. The smallest absolute Gasteiger partial charge is 0.371 e. The molecule has 162 valence electrons. The number of hydrogen-bond donors (Lipinski definition) is 1. The molecule has 10 heteroatoms. The minimum Gasteiger partial charge on any atom is -0.486 e. The van der Waals surface area contributed by atoms with Crippen molar-refractivity contribution in [2.45, 2.75) is 26.6 Å². The number of carboxylic acid groups (broad SMARTS) is 1. The number of carbonyl (C=O) groups excluding carboxylic acids is 3. The monoisotopic (exact) mass is 445 g/mol. The highest BCUT2D eigenvalue weighted by Gasteiger charge is 2.36. The van der Waals surface area contributed by atoms with E-state index in [-0.39, 0.29) is 23.4 Å². The summed E-state index contributed by atoms with van der Waals surface area (Å²) in [5.74, 6) is -1.64. The zero-order valence-corrected chi connectivity index (χ0v) is 17.5. The van der Waals surface area contributed by atoms with Gasteiger partial charge < -0.3 is 19.0 Å². The maximum Gasteiger partial charge on any atom is 0.371 e. The first-order valence-corrected chi connectivity index (χ1v) is 10.0. The van der Waals surface area contributed by atoms with E-state index in [0.29, 0.717) is 17.1 Å². The highest BCUT2D eigenvalue weighted by molar-refractivity contribution is 8.18. The molecule has 0 atom stereocenters. The van der Waals surface area contributed by atoms with E-state index in [1.54, 1.807) is 44.2 Å². The molecular weight excluding hydrogens is 426 g/mol. The van der Waals surface area contributed by atoms with E-state index in [4.69, 9.17) is 19.0 Å². The summed E-state index contributed by atoms with van der Waals surface area (Å²) >= 11 is 0.753. The third-order valence-corrected chi connectivity index (χ3v) is 4.87. The molecule has 0 aliphatic carbocycles. The van der Waals surface area contributed by atoms with Crippen LogP contribution in [0.15, 0.2) is 45.7 Å². The van der Waals surface area contributed by atoms with Gasteiger partial charge in [0.25, 0.3) is 11.1 Å². The third-order valence-electron chi connectivity index (χ3n) is 3.96. The molecule has 0 radical (unpaired) electrons. The molecule has 2 amide bonds. The molecule has 1 aliphatic heterocycles. The van der Waals surface area contributed by atoms with Crippen LogP contribution >= 0.6 is 11.8 Å². The molecule has 0 spiro atoms. The Balaban J connectivity index is 1.60. The first-order chi connectivity index (χ1) is 14.7. The number of esters is 1. The molecule has 31 heavy (non-hydrogen) atoms. The van der Waals surface area contributed by atoms with Crippen LogP contribution in [0.3, 0.4) is 0 Å². The highest BCUT2D eigenvalue weighted by Crippen LogP contribution is 2.32. The fourth-order valence-corrected chi connectivity index (χ4v) is 3.44. The van der Waals surface area contributed by atoms with E-state index >= 15 is 0 Å². The van der Waals surface area contributed by atoms with Gasteiger partial charge in [-0.2, -0.15) is 0 Å². The van der Waals surface area contributed by atoms with E-state index in [9.17, 15) is 19.2 Å². The second kappa shape index (κ2) is 9.52. The number of aromatic carboxylic acids is 1.